The van der Waals surface area contributed by atoms with Crippen molar-refractivity contribution in [3.8, 4) is 0 Å². The van der Waals surface area contributed by atoms with Gasteiger partial charge in [-0.1, -0.05) is 47.8 Å². The number of halogens is 1. The Morgan fingerprint density at radius 2 is 1.81 bits per heavy atom. The fraction of sp³-hybridized carbons (Fsp3) is 0.105. The van der Waals surface area contributed by atoms with Gasteiger partial charge < -0.3 is 5.32 Å². The van der Waals surface area contributed by atoms with E-state index in [2.05, 4.69) is 15.3 Å². The third kappa shape index (κ3) is 5.06. The maximum atomic E-state index is 13.8. The fourth-order valence-electron chi connectivity index (χ4n) is 2.12. The number of rotatable bonds is 6. The highest BCUT2D eigenvalue weighted by molar-refractivity contribution is 8.02. The molecule has 0 aliphatic carbocycles. The molecule has 0 aliphatic rings. The molecule has 132 valence electrons. The molecule has 2 aromatic carbocycles. The van der Waals surface area contributed by atoms with Crippen molar-refractivity contribution >= 4 is 35.1 Å². The van der Waals surface area contributed by atoms with Gasteiger partial charge in [-0.25, -0.2) is 14.4 Å². The summed E-state index contributed by atoms with van der Waals surface area (Å²) in [5, 5.41) is 3.99. The molecule has 1 amide bonds. The van der Waals surface area contributed by atoms with Crippen LogP contribution in [-0.2, 0) is 4.79 Å². The van der Waals surface area contributed by atoms with Crippen LogP contribution in [0, 0.1) is 12.7 Å². The minimum Gasteiger partial charge on any atom is -0.323 e. The summed E-state index contributed by atoms with van der Waals surface area (Å²) in [6.45, 7) is 1.80. The van der Waals surface area contributed by atoms with Crippen molar-refractivity contribution in [3.63, 3.8) is 0 Å². The first-order valence-electron chi connectivity index (χ1n) is 7.84. The number of nitrogens with zero attached hydrogens (tertiary/aromatic N) is 2. The van der Waals surface area contributed by atoms with Gasteiger partial charge in [-0.2, -0.15) is 0 Å². The molecule has 0 atom stereocenters. The molecule has 3 rings (SSSR count). The Morgan fingerprint density at radius 3 is 2.54 bits per heavy atom. The molecule has 26 heavy (non-hydrogen) atoms. The standard InChI is InChI=1S/C19H16FN3OS2/c1-13-7-8-16(15(20)11-13)23-17(24)12-25-18-19(22-10-9-21-18)26-14-5-3-2-4-6-14/h2-11H,12H2,1H3,(H,23,24). The van der Waals surface area contributed by atoms with Crippen molar-refractivity contribution in [1.82, 2.24) is 9.97 Å². The minimum absolute atomic E-state index is 0.119. The van der Waals surface area contributed by atoms with Gasteiger partial charge in [-0.05, 0) is 36.8 Å². The highest BCUT2D eigenvalue weighted by Gasteiger charge is 2.12. The van der Waals surface area contributed by atoms with Crippen LogP contribution < -0.4 is 5.32 Å². The van der Waals surface area contributed by atoms with Crippen LogP contribution in [0.1, 0.15) is 5.56 Å². The molecular formula is C19H16FN3OS2. The summed E-state index contributed by atoms with van der Waals surface area (Å²) in [4.78, 5) is 21.8. The normalized spacial score (nSPS) is 10.5. The number of aromatic nitrogens is 2. The van der Waals surface area contributed by atoms with E-state index in [4.69, 9.17) is 0 Å². The molecule has 7 heteroatoms. The number of benzene rings is 2. The third-order valence-corrected chi connectivity index (χ3v) is 5.44. The Labute approximate surface area is 159 Å². The average Bonchev–Trinajstić information content (AvgIpc) is 2.64. The summed E-state index contributed by atoms with van der Waals surface area (Å²) < 4.78 is 13.8. The van der Waals surface area contributed by atoms with Crippen LogP contribution in [0.25, 0.3) is 0 Å². The second-order valence-electron chi connectivity index (χ2n) is 5.40. The van der Waals surface area contributed by atoms with E-state index in [1.165, 1.54) is 29.6 Å². The highest BCUT2D eigenvalue weighted by atomic mass is 32.2. The van der Waals surface area contributed by atoms with Gasteiger partial charge in [0.1, 0.15) is 15.9 Å². The molecule has 0 unspecified atom stereocenters. The lowest BCUT2D eigenvalue weighted by atomic mass is 10.2. The van der Waals surface area contributed by atoms with E-state index in [1.807, 2.05) is 30.3 Å². The summed E-state index contributed by atoms with van der Waals surface area (Å²) in [7, 11) is 0. The smallest absolute Gasteiger partial charge is 0.234 e. The molecule has 0 saturated carbocycles. The lowest BCUT2D eigenvalue weighted by Gasteiger charge is -2.08. The van der Waals surface area contributed by atoms with E-state index in [0.717, 1.165) is 15.5 Å². The quantitative estimate of drug-likeness (QED) is 0.618. The van der Waals surface area contributed by atoms with Crippen molar-refractivity contribution in [2.24, 2.45) is 0 Å². The Kier molecular flexibility index (Phi) is 6.25. The third-order valence-electron chi connectivity index (χ3n) is 3.33. The van der Waals surface area contributed by atoms with Gasteiger partial charge >= 0.3 is 0 Å². The van der Waals surface area contributed by atoms with Crippen LogP contribution in [0.4, 0.5) is 10.1 Å². The van der Waals surface area contributed by atoms with Crippen LogP contribution in [0.5, 0.6) is 0 Å². The Balaban J connectivity index is 1.63. The van der Waals surface area contributed by atoms with Crippen LogP contribution in [0.2, 0.25) is 0 Å². The number of thioether (sulfide) groups is 1. The molecule has 0 fully saturated rings. The summed E-state index contributed by atoms with van der Waals surface area (Å²) in [5.74, 6) is -0.615. The van der Waals surface area contributed by atoms with E-state index in [9.17, 15) is 9.18 Å². The zero-order chi connectivity index (χ0) is 18.4. The first kappa shape index (κ1) is 18.4. The van der Waals surface area contributed by atoms with E-state index in [0.29, 0.717) is 5.03 Å². The van der Waals surface area contributed by atoms with Crippen molar-refractivity contribution in [2.75, 3.05) is 11.1 Å². The van der Waals surface area contributed by atoms with Crippen molar-refractivity contribution < 1.29 is 9.18 Å². The average molecular weight is 385 g/mol. The Morgan fingerprint density at radius 1 is 1.08 bits per heavy atom. The van der Waals surface area contributed by atoms with Gasteiger partial charge in [0.15, 0.2) is 0 Å². The number of carbonyl (C=O) groups excluding carboxylic acids is 1. The number of nitrogens with one attached hydrogen (secondary N) is 1. The Bertz CT molecular complexity index is 906. The molecule has 1 aromatic heterocycles. The number of hydrogen-bond acceptors (Lipinski definition) is 5. The van der Waals surface area contributed by atoms with Gasteiger partial charge in [0, 0.05) is 17.3 Å². The molecule has 0 bridgehead atoms. The predicted molar refractivity (Wildman–Crippen MR) is 103 cm³/mol. The number of carbonyl (C=O) groups is 1. The molecule has 0 radical (unpaired) electrons. The highest BCUT2D eigenvalue weighted by Crippen LogP contribution is 2.32. The SMILES string of the molecule is Cc1ccc(NC(=O)CSc2nccnc2Sc2ccccc2)c(F)c1. The second-order valence-corrected chi connectivity index (χ2v) is 7.43. The zero-order valence-corrected chi connectivity index (χ0v) is 15.6. The molecule has 1 heterocycles. The fourth-order valence-corrected chi connectivity index (χ4v) is 3.85. The van der Waals surface area contributed by atoms with Gasteiger partial charge in [-0.15, -0.1) is 0 Å². The summed E-state index contributed by atoms with van der Waals surface area (Å²) in [6.07, 6.45) is 3.21. The summed E-state index contributed by atoms with van der Waals surface area (Å²) in [5.41, 5.74) is 0.983. The topological polar surface area (TPSA) is 54.9 Å². The molecule has 1 N–H and O–H groups in total. The lowest BCUT2D eigenvalue weighted by Crippen LogP contribution is -2.15. The van der Waals surface area contributed by atoms with Gasteiger partial charge in [0.25, 0.3) is 0 Å². The lowest BCUT2D eigenvalue weighted by molar-refractivity contribution is -0.113. The van der Waals surface area contributed by atoms with Crippen LogP contribution in [-0.4, -0.2) is 21.6 Å². The maximum Gasteiger partial charge on any atom is 0.234 e. The number of aryl methyl sites for hydroxylation is 1. The van der Waals surface area contributed by atoms with Crippen LogP contribution in [0.15, 0.2) is 75.9 Å². The van der Waals surface area contributed by atoms with E-state index in [-0.39, 0.29) is 17.3 Å². The molecule has 0 saturated heterocycles. The van der Waals surface area contributed by atoms with Gasteiger partial charge in [0.2, 0.25) is 5.91 Å². The molecule has 3 aromatic rings. The summed E-state index contributed by atoms with van der Waals surface area (Å²) >= 11 is 2.76. The predicted octanol–water partition coefficient (Wildman–Crippen LogP) is 4.81. The molecule has 0 spiro atoms. The van der Waals surface area contributed by atoms with Crippen molar-refractivity contribution in [2.45, 2.75) is 21.9 Å². The minimum atomic E-state index is -0.442. The second kappa shape index (κ2) is 8.82. The number of anilines is 1. The van der Waals surface area contributed by atoms with Crippen molar-refractivity contribution in [3.05, 3.63) is 72.3 Å². The first-order chi connectivity index (χ1) is 12.6. The van der Waals surface area contributed by atoms with Crippen LogP contribution >= 0.6 is 23.5 Å². The van der Waals surface area contributed by atoms with E-state index in [1.54, 1.807) is 31.5 Å². The Hall–Kier alpha value is -2.38. The largest absolute Gasteiger partial charge is 0.323 e. The van der Waals surface area contributed by atoms with Crippen LogP contribution in [0.3, 0.4) is 0 Å². The van der Waals surface area contributed by atoms with Gasteiger partial charge in [-0.3, -0.25) is 4.79 Å². The first-order valence-corrected chi connectivity index (χ1v) is 9.65. The van der Waals surface area contributed by atoms with E-state index < -0.39 is 5.82 Å². The monoisotopic (exact) mass is 385 g/mol. The maximum absolute atomic E-state index is 13.8. The molecular weight excluding hydrogens is 369 g/mol. The van der Waals surface area contributed by atoms with Gasteiger partial charge in [0.05, 0.1) is 11.4 Å². The van der Waals surface area contributed by atoms with Crippen molar-refractivity contribution in [1.29, 1.82) is 0 Å². The number of amides is 1. The molecule has 0 aliphatic heterocycles. The molecule has 4 nitrogen and oxygen atoms in total. The van der Waals surface area contributed by atoms with E-state index >= 15 is 0 Å². The number of hydrogen-bond donors (Lipinski definition) is 1. The summed E-state index contributed by atoms with van der Waals surface area (Å²) in [6, 6.07) is 14.5. The zero-order valence-electron chi connectivity index (χ0n) is 14.0.